The van der Waals surface area contributed by atoms with E-state index in [1.165, 1.54) is 11.0 Å². The summed E-state index contributed by atoms with van der Waals surface area (Å²) in [6, 6.07) is 4.75. The maximum atomic E-state index is 13.1. The normalized spacial score (nSPS) is 25.3. The lowest BCUT2D eigenvalue weighted by Gasteiger charge is -2.34. The lowest BCUT2D eigenvalue weighted by molar-refractivity contribution is -0.385. The molecule has 1 aliphatic carbocycles. The van der Waals surface area contributed by atoms with Crippen LogP contribution in [0, 0.1) is 16.0 Å². The van der Waals surface area contributed by atoms with Gasteiger partial charge in [0.25, 0.3) is 5.69 Å². The number of nitro benzene ring substituents is 1. The standard InChI is InChI=1S/C20H25N3O5/c1-12-7-6-8-14(11-12)28-19(24)17-13(2)22(3)20(25)21-18(17)15-9-4-5-10-16(15)23(26)27/h4-5,9-10,12,14,18H,6-8,11H2,1-3H3,(H,21,25). The molecule has 1 aromatic carbocycles. The van der Waals surface area contributed by atoms with E-state index in [2.05, 4.69) is 12.2 Å². The number of urea groups is 1. The molecule has 1 heterocycles. The molecular weight excluding hydrogens is 362 g/mol. The van der Waals surface area contributed by atoms with Gasteiger partial charge in [0.05, 0.1) is 22.1 Å². The fourth-order valence-corrected chi connectivity index (χ4v) is 3.93. The first-order valence-corrected chi connectivity index (χ1v) is 9.48. The number of ether oxygens (including phenoxy) is 1. The zero-order valence-corrected chi connectivity index (χ0v) is 16.3. The van der Waals surface area contributed by atoms with Crippen LogP contribution in [-0.2, 0) is 9.53 Å². The number of amides is 2. The number of allylic oxidation sites excluding steroid dienone is 1. The highest BCUT2D eigenvalue weighted by atomic mass is 16.6. The summed E-state index contributed by atoms with van der Waals surface area (Å²) in [5.74, 6) is -0.0482. The predicted octanol–water partition coefficient (Wildman–Crippen LogP) is 3.69. The van der Waals surface area contributed by atoms with E-state index in [0.29, 0.717) is 11.6 Å². The molecule has 8 nitrogen and oxygen atoms in total. The molecule has 3 rings (SSSR count). The maximum absolute atomic E-state index is 13.1. The summed E-state index contributed by atoms with van der Waals surface area (Å²) in [6.45, 7) is 3.79. The number of nitro groups is 1. The van der Waals surface area contributed by atoms with E-state index in [9.17, 15) is 19.7 Å². The van der Waals surface area contributed by atoms with E-state index >= 15 is 0 Å². The predicted molar refractivity (Wildman–Crippen MR) is 102 cm³/mol. The summed E-state index contributed by atoms with van der Waals surface area (Å²) in [7, 11) is 1.55. The van der Waals surface area contributed by atoms with Gasteiger partial charge in [-0.3, -0.25) is 10.1 Å². The molecule has 1 N–H and O–H groups in total. The highest BCUT2D eigenvalue weighted by Gasteiger charge is 2.39. The van der Waals surface area contributed by atoms with E-state index < -0.39 is 23.0 Å². The van der Waals surface area contributed by atoms with Gasteiger partial charge >= 0.3 is 12.0 Å². The molecule has 3 unspecified atom stereocenters. The van der Waals surface area contributed by atoms with Crippen molar-refractivity contribution in [2.45, 2.75) is 51.7 Å². The quantitative estimate of drug-likeness (QED) is 0.482. The number of carbonyl (C=O) groups excluding carboxylic acids is 2. The van der Waals surface area contributed by atoms with Crippen LogP contribution in [0.2, 0.25) is 0 Å². The molecule has 0 radical (unpaired) electrons. The van der Waals surface area contributed by atoms with Gasteiger partial charge in [0.15, 0.2) is 0 Å². The Morgan fingerprint density at radius 3 is 2.71 bits per heavy atom. The molecule has 1 aromatic rings. The first-order chi connectivity index (χ1) is 13.3. The summed E-state index contributed by atoms with van der Waals surface area (Å²) < 4.78 is 5.76. The molecule has 0 spiro atoms. The minimum atomic E-state index is -0.932. The van der Waals surface area contributed by atoms with Crippen LogP contribution in [0.15, 0.2) is 35.5 Å². The second kappa shape index (κ2) is 8.00. The van der Waals surface area contributed by atoms with Crippen molar-refractivity contribution in [1.29, 1.82) is 0 Å². The number of hydrogen-bond donors (Lipinski definition) is 1. The summed E-state index contributed by atoms with van der Waals surface area (Å²) in [4.78, 5) is 37.7. The molecule has 1 saturated carbocycles. The summed E-state index contributed by atoms with van der Waals surface area (Å²) in [5.41, 5.74) is 0.773. The third-order valence-electron chi connectivity index (χ3n) is 5.58. The maximum Gasteiger partial charge on any atom is 0.338 e. The molecule has 28 heavy (non-hydrogen) atoms. The third kappa shape index (κ3) is 3.85. The van der Waals surface area contributed by atoms with Crippen molar-refractivity contribution in [2.24, 2.45) is 5.92 Å². The molecule has 0 saturated heterocycles. The number of nitrogens with zero attached hydrogens (tertiary/aromatic N) is 2. The second-order valence-electron chi connectivity index (χ2n) is 7.56. The average molecular weight is 387 g/mol. The van der Waals surface area contributed by atoms with Crippen LogP contribution < -0.4 is 5.32 Å². The van der Waals surface area contributed by atoms with Crippen molar-refractivity contribution >= 4 is 17.7 Å². The van der Waals surface area contributed by atoms with Gasteiger partial charge in [-0.05, 0) is 38.2 Å². The van der Waals surface area contributed by atoms with Gasteiger partial charge in [-0.25, -0.2) is 9.59 Å². The molecule has 1 aliphatic heterocycles. The highest BCUT2D eigenvalue weighted by Crippen LogP contribution is 2.36. The summed E-state index contributed by atoms with van der Waals surface area (Å²) in [5, 5.41) is 14.2. The number of benzene rings is 1. The Kier molecular flexibility index (Phi) is 5.67. The topological polar surface area (TPSA) is 102 Å². The smallest absolute Gasteiger partial charge is 0.338 e. The van der Waals surface area contributed by atoms with E-state index in [0.717, 1.165) is 25.7 Å². The molecule has 8 heteroatoms. The Labute approximate surface area is 163 Å². The molecular formula is C20H25N3O5. The van der Waals surface area contributed by atoms with E-state index in [1.807, 2.05) is 0 Å². The van der Waals surface area contributed by atoms with Gasteiger partial charge in [0.1, 0.15) is 6.10 Å². The van der Waals surface area contributed by atoms with Crippen molar-refractivity contribution in [3.63, 3.8) is 0 Å². The van der Waals surface area contributed by atoms with Gasteiger partial charge < -0.3 is 15.0 Å². The van der Waals surface area contributed by atoms with Gasteiger partial charge in [-0.1, -0.05) is 25.5 Å². The Morgan fingerprint density at radius 2 is 2.04 bits per heavy atom. The lowest BCUT2D eigenvalue weighted by Crippen LogP contribution is -2.46. The number of para-hydroxylation sites is 1. The molecule has 1 fully saturated rings. The Hall–Kier alpha value is -2.90. The Morgan fingerprint density at radius 1 is 1.32 bits per heavy atom. The Bertz CT molecular complexity index is 835. The van der Waals surface area contributed by atoms with Gasteiger partial charge in [-0.15, -0.1) is 0 Å². The van der Waals surface area contributed by atoms with Gasteiger partial charge in [-0.2, -0.15) is 0 Å². The largest absolute Gasteiger partial charge is 0.459 e. The minimum Gasteiger partial charge on any atom is -0.459 e. The third-order valence-corrected chi connectivity index (χ3v) is 5.58. The SMILES string of the molecule is CC1=C(C(=O)OC2CCCC(C)C2)C(c2ccccc2[N+](=O)[O-])NC(=O)N1C. The van der Waals surface area contributed by atoms with E-state index in [4.69, 9.17) is 4.74 Å². The zero-order chi connectivity index (χ0) is 20.4. The van der Waals surface area contributed by atoms with Crippen molar-refractivity contribution in [2.75, 3.05) is 7.05 Å². The van der Waals surface area contributed by atoms with Crippen molar-refractivity contribution < 1.29 is 19.2 Å². The molecule has 0 bridgehead atoms. The molecule has 0 aromatic heterocycles. The molecule has 3 atom stereocenters. The van der Waals surface area contributed by atoms with Gasteiger partial charge in [0, 0.05) is 18.8 Å². The minimum absolute atomic E-state index is 0.151. The van der Waals surface area contributed by atoms with Crippen LogP contribution in [0.4, 0.5) is 10.5 Å². The van der Waals surface area contributed by atoms with Crippen molar-refractivity contribution in [1.82, 2.24) is 10.2 Å². The van der Waals surface area contributed by atoms with Crippen LogP contribution in [0.25, 0.3) is 0 Å². The lowest BCUT2D eigenvalue weighted by atomic mass is 9.88. The van der Waals surface area contributed by atoms with Crippen LogP contribution in [0.5, 0.6) is 0 Å². The van der Waals surface area contributed by atoms with Crippen molar-refractivity contribution in [3.05, 3.63) is 51.2 Å². The van der Waals surface area contributed by atoms with Crippen molar-refractivity contribution in [3.8, 4) is 0 Å². The highest BCUT2D eigenvalue weighted by molar-refractivity contribution is 5.95. The van der Waals surface area contributed by atoms with E-state index in [1.54, 1.807) is 32.2 Å². The van der Waals surface area contributed by atoms with Crippen LogP contribution in [0.3, 0.4) is 0 Å². The monoisotopic (exact) mass is 387 g/mol. The van der Waals surface area contributed by atoms with Crippen LogP contribution in [0.1, 0.15) is 51.1 Å². The van der Waals surface area contributed by atoms with Crippen LogP contribution >= 0.6 is 0 Å². The number of nitrogens with one attached hydrogen (secondary N) is 1. The first-order valence-electron chi connectivity index (χ1n) is 9.48. The number of carbonyl (C=O) groups is 2. The van der Waals surface area contributed by atoms with E-state index in [-0.39, 0.29) is 22.9 Å². The molecule has 2 amide bonds. The number of rotatable bonds is 4. The first kappa shape index (κ1) is 19.9. The fraction of sp³-hybridized carbons (Fsp3) is 0.500. The Balaban J connectivity index is 1.98. The molecule has 150 valence electrons. The van der Waals surface area contributed by atoms with Gasteiger partial charge in [0.2, 0.25) is 0 Å². The summed E-state index contributed by atoms with van der Waals surface area (Å²) in [6.07, 6.45) is 3.55. The number of esters is 1. The second-order valence-corrected chi connectivity index (χ2v) is 7.56. The fourth-order valence-electron chi connectivity index (χ4n) is 3.93. The summed E-state index contributed by atoms with van der Waals surface area (Å²) >= 11 is 0. The van der Waals surface area contributed by atoms with Crippen LogP contribution in [-0.4, -0.2) is 35.0 Å². The molecule has 2 aliphatic rings. The number of hydrogen-bond acceptors (Lipinski definition) is 5. The zero-order valence-electron chi connectivity index (χ0n) is 16.3. The average Bonchev–Trinajstić information content (AvgIpc) is 2.65.